The van der Waals surface area contributed by atoms with Crippen molar-refractivity contribution >= 4 is 5.91 Å². The van der Waals surface area contributed by atoms with E-state index in [2.05, 4.69) is 31.2 Å². The van der Waals surface area contributed by atoms with Crippen LogP contribution >= 0.6 is 0 Å². The van der Waals surface area contributed by atoms with E-state index in [0.717, 1.165) is 19.4 Å². The van der Waals surface area contributed by atoms with Crippen molar-refractivity contribution in [2.45, 2.75) is 25.8 Å². The van der Waals surface area contributed by atoms with Gasteiger partial charge in [-0.05, 0) is 49.6 Å². The summed E-state index contributed by atoms with van der Waals surface area (Å²) in [6.45, 7) is 2.81. The van der Waals surface area contributed by atoms with Crippen molar-refractivity contribution in [3.63, 3.8) is 0 Å². The molecule has 2 aromatic carbocycles. The number of amides is 1. The zero-order valence-corrected chi connectivity index (χ0v) is 12.1. The lowest BCUT2D eigenvalue weighted by molar-refractivity contribution is 0.0735. The smallest absolute Gasteiger partial charge is 0.254 e. The van der Waals surface area contributed by atoms with Gasteiger partial charge in [-0.1, -0.05) is 29.8 Å². The lowest BCUT2D eigenvalue weighted by Gasteiger charge is -2.25. The molecule has 1 atom stereocenters. The number of nitrogens with zero attached hydrogens (tertiary/aromatic N) is 1. The number of carbonyl (C=O) groups excluding carboxylic acids is 1. The van der Waals surface area contributed by atoms with Gasteiger partial charge in [-0.3, -0.25) is 4.79 Å². The largest absolute Gasteiger partial charge is 0.332 e. The summed E-state index contributed by atoms with van der Waals surface area (Å²) in [5.74, 6) is -0.332. The molecule has 1 saturated heterocycles. The normalized spacial score (nSPS) is 18.0. The number of rotatable bonds is 2. The number of likely N-dealkylation sites (tertiary alicyclic amines) is 1. The lowest BCUT2D eigenvalue weighted by atomic mass is 10.0. The molecular weight excluding hydrogens is 265 g/mol. The van der Waals surface area contributed by atoms with E-state index in [1.807, 2.05) is 4.90 Å². The molecule has 1 fully saturated rings. The Morgan fingerprint density at radius 2 is 1.76 bits per heavy atom. The summed E-state index contributed by atoms with van der Waals surface area (Å²) in [4.78, 5) is 14.5. The van der Waals surface area contributed by atoms with Crippen molar-refractivity contribution in [3.8, 4) is 0 Å². The van der Waals surface area contributed by atoms with E-state index < -0.39 is 0 Å². The molecule has 2 aromatic rings. The standard InChI is InChI=1S/C18H18FNO/c1-13-4-6-14(7-5-13)17-3-2-12-20(17)18(21)15-8-10-16(19)11-9-15/h4-11,17H,2-3,12H2,1H3. The van der Waals surface area contributed by atoms with E-state index >= 15 is 0 Å². The van der Waals surface area contributed by atoms with Crippen LogP contribution in [0.3, 0.4) is 0 Å². The molecule has 0 radical (unpaired) electrons. The fraction of sp³-hybridized carbons (Fsp3) is 0.278. The van der Waals surface area contributed by atoms with E-state index in [0.29, 0.717) is 5.56 Å². The summed E-state index contributed by atoms with van der Waals surface area (Å²) in [7, 11) is 0. The quantitative estimate of drug-likeness (QED) is 0.812. The van der Waals surface area contributed by atoms with E-state index in [9.17, 15) is 9.18 Å². The van der Waals surface area contributed by atoms with E-state index in [1.165, 1.54) is 23.3 Å². The lowest BCUT2D eigenvalue weighted by Crippen LogP contribution is -2.30. The van der Waals surface area contributed by atoms with Crippen molar-refractivity contribution in [3.05, 3.63) is 71.0 Å². The molecular formula is C18H18FNO. The third kappa shape index (κ3) is 2.82. The molecule has 3 rings (SSSR count). The highest BCUT2D eigenvalue weighted by atomic mass is 19.1. The van der Waals surface area contributed by atoms with Gasteiger partial charge in [0.2, 0.25) is 0 Å². The molecule has 1 heterocycles. The Kier molecular flexibility index (Phi) is 3.74. The first-order chi connectivity index (χ1) is 10.1. The van der Waals surface area contributed by atoms with Crippen LogP contribution in [0.5, 0.6) is 0 Å². The van der Waals surface area contributed by atoms with Crippen LogP contribution in [-0.2, 0) is 0 Å². The summed E-state index contributed by atoms with van der Waals surface area (Å²) in [5, 5.41) is 0. The van der Waals surface area contributed by atoms with Gasteiger partial charge in [-0.2, -0.15) is 0 Å². The van der Waals surface area contributed by atoms with Crippen molar-refractivity contribution in [1.82, 2.24) is 4.90 Å². The minimum Gasteiger partial charge on any atom is -0.332 e. The van der Waals surface area contributed by atoms with Crippen LogP contribution in [0.25, 0.3) is 0 Å². The second-order valence-electron chi connectivity index (χ2n) is 5.57. The van der Waals surface area contributed by atoms with E-state index in [4.69, 9.17) is 0 Å². The number of hydrogen-bond donors (Lipinski definition) is 0. The maximum atomic E-state index is 13.0. The van der Waals surface area contributed by atoms with E-state index in [1.54, 1.807) is 12.1 Å². The van der Waals surface area contributed by atoms with Gasteiger partial charge in [0.15, 0.2) is 0 Å². The highest BCUT2D eigenvalue weighted by molar-refractivity contribution is 5.94. The molecule has 3 heteroatoms. The summed E-state index contributed by atoms with van der Waals surface area (Å²) in [5.41, 5.74) is 2.94. The van der Waals surface area contributed by atoms with Crippen LogP contribution in [0.15, 0.2) is 48.5 Å². The molecule has 1 amide bonds. The van der Waals surface area contributed by atoms with Crippen molar-refractivity contribution < 1.29 is 9.18 Å². The maximum Gasteiger partial charge on any atom is 0.254 e. The number of aryl methyl sites for hydroxylation is 1. The fourth-order valence-electron chi connectivity index (χ4n) is 2.90. The molecule has 108 valence electrons. The number of halogens is 1. The fourth-order valence-corrected chi connectivity index (χ4v) is 2.90. The Morgan fingerprint density at radius 3 is 2.43 bits per heavy atom. The molecule has 1 aliphatic heterocycles. The van der Waals surface area contributed by atoms with Gasteiger partial charge < -0.3 is 4.90 Å². The number of benzene rings is 2. The molecule has 0 bridgehead atoms. The number of hydrogen-bond acceptors (Lipinski definition) is 1. The Bertz CT molecular complexity index is 633. The molecule has 0 aliphatic carbocycles. The minimum atomic E-state index is -0.317. The molecule has 0 spiro atoms. The Balaban J connectivity index is 1.85. The van der Waals surface area contributed by atoms with Crippen LogP contribution in [0.2, 0.25) is 0 Å². The zero-order chi connectivity index (χ0) is 14.8. The van der Waals surface area contributed by atoms with Crippen LogP contribution in [0.4, 0.5) is 4.39 Å². The first-order valence-corrected chi connectivity index (χ1v) is 7.28. The van der Waals surface area contributed by atoms with Gasteiger partial charge >= 0.3 is 0 Å². The van der Waals surface area contributed by atoms with Gasteiger partial charge in [0.1, 0.15) is 5.82 Å². The van der Waals surface area contributed by atoms with Crippen molar-refractivity contribution in [2.24, 2.45) is 0 Å². The molecule has 0 N–H and O–H groups in total. The maximum absolute atomic E-state index is 13.0. The summed E-state index contributed by atoms with van der Waals surface area (Å²) in [6, 6.07) is 14.3. The van der Waals surface area contributed by atoms with Crippen LogP contribution < -0.4 is 0 Å². The highest BCUT2D eigenvalue weighted by Gasteiger charge is 2.30. The summed E-state index contributed by atoms with van der Waals surface area (Å²) in [6.07, 6.45) is 1.99. The van der Waals surface area contributed by atoms with Gasteiger partial charge in [-0.25, -0.2) is 4.39 Å². The van der Waals surface area contributed by atoms with Crippen LogP contribution in [0, 0.1) is 12.7 Å². The molecule has 21 heavy (non-hydrogen) atoms. The molecule has 0 aromatic heterocycles. The summed E-state index contributed by atoms with van der Waals surface area (Å²) >= 11 is 0. The first kappa shape index (κ1) is 13.8. The Hall–Kier alpha value is -2.16. The highest BCUT2D eigenvalue weighted by Crippen LogP contribution is 2.33. The van der Waals surface area contributed by atoms with Gasteiger partial charge in [0.25, 0.3) is 5.91 Å². The predicted octanol–water partition coefficient (Wildman–Crippen LogP) is 4.11. The predicted molar refractivity (Wildman–Crippen MR) is 80.6 cm³/mol. The van der Waals surface area contributed by atoms with Crippen LogP contribution in [0.1, 0.15) is 40.4 Å². The third-order valence-corrected chi connectivity index (χ3v) is 4.07. The van der Waals surface area contributed by atoms with Crippen LogP contribution in [-0.4, -0.2) is 17.4 Å². The SMILES string of the molecule is Cc1ccc(C2CCCN2C(=O)c2ccc(F)cc2)cc1. The average Bonchev–Trinajstić information content (AvgIpc) is 2.97. The van der Waals surface area contributed by atoms with Gasteiger partial charge in [0, 0.05) is 12.1 Å². The first-order valence-electron chi connectivity index (χ1n) is 7.28. The molecule has 1 aliphatic rings. The molecule has 2 nitrogen and oxygen atoms in total. The Labute approximate surface area is 124 Å². The third-order valence-electron chi connectivity index (χ3n) is 4.07. The van der Waals surface area contributed by atoms with Gasteiger partial charge in [0.05, 0.1) is 6.04 Å². The topological polar surface area (TPSA) is 20.3 Å². The zero-order valence-electron chi connectivity index (χ0n) is 12.1. The monoisotopic (exact) mass is 283 g/mol. The molecule has 0 saturated carbocycles. The average molecular weight is 283 g/mol. The van der Waals surface area contributed by atoms with E-state index in [-0.39, 0.29) is 17.8 Å². The molecule has 1 unspecified atom stereocenters. The number of carbonyl (C=O) groups is 1. The summed E-state index contributed by atoms with van der Waals surface area (Å²) < 4.78 is 13.0. The second kappa shape index (κ2) is 5.68. The Morgan fingerprint density at radius 1 is 1.10 bits per heavy atom. The van der Waals surface area contributed by atoms with Crippen molar-refractivity contribution in [1.29, 1.82) is 0 Å². The van der Waals surface area contributed by atoms with Gasteiger partial charge in [-0.15, -0.1) is 0 Å². The second-order valence-corrected chi connectivity index (χ2v) is 5.57. The van der Waals surface area contributed by atoms with Crippen molar-refractivity contribution in [2.75, 3.05) is 6.54 Å². The minimum absolute atomic E-state index is 0.0157.